The van der Waals surface area contributed by atoms with E-state index in [9.17, 15) is 8.42 Å². The Balaban J connectivity index is 1.77. The van der Waals surface area contributed by atoms with Crippen LogP contribution in [-0.4, -0.2) is 34.9 Å². The lowest BCUT2D eigenvalue weighted by molar-refractivity contribution is 0.323. The van der Waals surface area contributed by atoms with E-state index in [0.717, 1.165) is 0 Å². The van der Waals surface area contributed by atoms with Gasteiger partial charge in [-0.05, 0) is 29.8 Å². The molecular weight excluding hydrogens is 372 g/mol. The average Bonchev–Trinajstić information content (AvgIpc) is 3.07. The third kappa shape index (κ3) is 4.15. The van der Waals surface area contributed by atoms with Gasteiger partial charge in [0.05, 0.1) is 21.3 Å². The lowest BCUT2D eigenvalue weighted by Gasteiger charge is -2.14. The predicted molar refractivity (Wildman–Crippen MR) is 99.6 cm³/mol. The average molecular weight is 392 g/mol. The standard InChI is InChI=1S/C18H20N2O6S/c1-23-16-8-12(9-17(24-2)18(16)25-3)10-19-27(21,22)11-14-13-6-4-5-7-15(13)26-20-14/h4-9,19H,10-11H2,1-3H3. The number of methoxy groups -OCH3 is 3. The first kappa shape index (κ1) is 19.0. The fourth-order valence-electron chi connectivity index (χ4n) is 2.70. The molecule has 2 aromatic carbocycles. The Labute approximate surface area is 157 Å². The van der Waals surface area contributed by atoms with Gasteiger partial charge in [-0.3, -0.25) is 0 Å². The van der Waals surface area contributed by atoms with E-state index in [-0.39, 0.29) is 12.3 Å². The summed E-state index contributed by atoms with van der Waals surface area (Å²) < 4.78 is 48.5. The maximum atomic E-state index is 12.5. The summed E-state index contributed by atoms with van der Waals surface area (Å²) in [6, 6.07) is 10.5. The van der Waals surface area contributed by atoms with Crippen molar-refractivity contribution >= 4 is 21.0 Å². The Hall–Kier alpha value is -2.78. The number of aromatic nitrogens is 1. The molecule has 27 heavy (non-hydrogen) atoms. The van der Waals surface area contributed by atoms with Crippen molar-refractivity contribution in [2.75, 3.05) is 21.3 Å². The summed E-state index contributed by atoms with van der Waals surface area (Å²) >= 11 is 0. The first-order chi connectivity index (χ1) is 13.0. The molecule has 0 aliphatic rings. The van der Waals surface area contributed by atoms with E-state index in [1.807, 2.05) is 0 Å². The van der Waals surface area contributed by atoms with Crippen LogP contribution in [0.25, 0.3) is 11.0 Å². The molecule has 3 aromatic rings. The van der Waals surface area contributed by atoms with Gasteiger partial charge < -0.3 is 18.7 Å². The molecule has 0 aliphatic carbocycles. The first-order valence-corrected chi connectivity index (χ1v) is 9.72. The summed E-state index contributed by atoms with van der Waals surface area (Å²) in [5.74, 6) is 1.07. The smallest absolute Gasteiger partial charge is 0.217 e. The van der Waals surface area contributed by atoms with Crippen LogP contribution in [0, 0.1) is 0 Å². The molecule has 0 aliphatic heterocycles. The number of rotatable bonds is 8. The fraction of sp³-hybridized carbons (Fsp3) is 0.278. The minimum Gasteiger partial charge on any atom is -0.493 e. The Morgan fingerprint density at radius 3 is 2.33 bits per heavy atom. The van der Waals surface area contributed by atoms with Crippen molar-refractivity contribution in [1.29, 1.82) is 0 Å². The van der Waals surface area contributed by atoms with Crippen molar-refractivity contribution in [3.05, 3.63) is 47.7 Å². The zero-order valence-electron chi connectivity index (χ0n) is 15.2. The minimum absolute atomic E-state index is 0.0643. The van der Waals surface area contributed by atoms with Gasteiger partial charge in [-0.25, -0.2) is 13.1 Å². The van der Waals surface area contributed by atoms with Gasteiger partial charge in [0.15, 0.2) is 17.1 Å². The van der Waals surface area contributed by atoms with Gasteiger partial charge in [-0.15, -0.1) is 0 Å². The third-order valence-corrected chi connectivity index (χ3v) is 5.24. The van der Waals surface area contributed by atoms with Crippen molar-refractivity contribution < 1.29 is 27.2 Å². The van der Waals surface area contributed by atoms with E-state index in [0.29, 0.717) is 39.5 Å². The number of benzene rings is 2. The number of sulfonamides is 1. The molecule has 1 N–H and O–H groups in total. The normalized spacial score (nSPS) is 11.5. The molecule has 0 bridgehead atoms. The van der Waals surface area contributed by atoms with Crippen LogP contribution in [0.4, 0.5) is 0 Å². The molecule has 0 amide bonds. The molecule has 0 saturated heterocycles. The topological polar surface area (TPSA) is 99.9 Å². The molecule has 8 nitrogen and oxygen atoms in total. The van der Waals surface area contributed by atoms with Crippen LogP contribution in [-0.2, 0) is 22.3 Å². The van der Waals surface area contributed by atoms with Gasteiger partial charge in [0, 0.05) is 11.9 Å². The summed E-state index contributed by atoms with van der Waals surface area (Å²) in [7, 11) is 0.872. The van der Waals surface area contributed by atoms with Crippen molar-refractivity contribution in [3.63, 3.8) is 0 Å². The number of nitrogens with zero attached hydrogens (tertiary/aromatic N) is 1. The molecule has 1 heterocycles. The van der Waals surface area contributed by atoms with E-state index in [1.165, 1.54) is 21.3 Å². The molecule has 1 aromatic heterocycles. The number of hydrogen-bond acceptors (Lipinski definition) is 7. The second-order valence-corrected chi connectivity index (χ2v) is 7.55. The van der Waals surface area contributed by atoms with Gasteiger partial charge in [-0.2, -0.15) is 0 Å². The van der Waals surface area contributed by atoms with Gasteiger partial charge in [0.1, 0.15) is 11.4 Å². The van der Waals surface area contributed by atoms with Crippen molar-refractivity contribution in [1.82, 2.24) is 9.88 Å². The minimum atomic E-state index is -3.63. The number of nitrogens with one attached hydrogen (secondary N) is 1. The van der Waals surface area contributed by atoms with Crippen LogP contribution in [0.5, 0.6) is 17.2 Å². The van der Waals surface area contributed by atoms with Crippen LogP contribution >= 0.6 is 0 Å². The van der Waals surface area contributed by atoms with Crippen molar-refractivity contribution in [2.45, 2.75) is 12.3 Å². The van der Waals surface area contributed by atoms with Gasteiger partial charge >= 0.3 is 0 Å². The number of para-hydroxylation sites is 1. The highest BCUT2D eigenvalue weighted by Gasteiger charge is 2.19. The molecule has 0 atom stereocenters. The number of hydrogen-bond donors (Lipinski definition) is 1. The predicted octanol–water partition coefficient (Wildman–Crippen LogP) is 2.47. The molecule has 0 fully saturated rings. The summed E-state index contributed by atoms with van der Waals surface area (Å²) in [6.07, 6.45) is 0. The summed E-state index contributed by atoms with van der Waals surface area (Å²) in [6.45, 7) is 0.0643. The Morgan fingerprint density at radius 2 is 1.70 bits per heavy atom. The molecule has 0 saturated carbocycles. The SMILES string of the molecule is COc1cc(CNS(=O)(=O)Cc2noc3ccccc23)cc(OC)c1OC. The fourth-order valence-corrected chi connectivity index (χ4v) is 3.76. The number of fused-ring (bicyclic) bond motifs is 1. The molecule has 9 heteroatoms. The zero-order chi connectivity index (χ0) is 19.4. The van der Waals surface area contributed by atoms with E-state index in [2.05, 4.69) is 9.88 Å². The second kappa shape index (κ2) is 7.85. The summed E-state index contributed by atoms with van der Waals surface area (Å²) in [5, 5.41) is 4.54. The van der Waals surface area contributed by atoms with E-state index < -0.39 is 10.0 Å². The van der Waals surface area contributed by atoms with Crippen LogP contribution in [0.3, 0.4) is 0 Å². The van der Waals surface area contributed by atoms with Crippen molar-refractivity contribution in [2.24, 2.45) is 0 Å². The molecule has 0 unspecified atom stereocenters. The van der Waals surface area contributed by atoms with Crippen LogP contribution < -0.4 is 18.9 Å². The van der Waals surface area contributed by atoms with Crippen molar-refractivity contribution in [3.8, 4) is 17.2 Å². The Morgan fingerprint density at radius 1 is 1.04 bits per heavy atom. The van der Waals surface area contributed by atoms with E-state index in [1.54, 1.807) is 36.4 Å². The second-order valence-electron chi connectivity index (χ2n) is 5.74. The third-order valence-electron chi connectivity index (χ3n) is 4.00. The Bertz CT molecular complexity index is 1020. The van der Waals surface area contributed by atoms with Crippen LogP contribution in [0.2, 0.25) is 0 Å². The van der Waals surface area contributed by atoms with E-state index in [4.69, 9.17) is 18.7 Å². The number of ether oxygens (including phenoxy) is 3. The highest BCUT2D eigenvalue weighted by Crippen LogP contribution is 2.38. The zero-order valence-corrected chi connectivity index (χ0v) is 16.0. The van der Waals surface area contributed by atoms with Gasteiger partial charge in [0.2, 0.25) is 15.8 Å². The van der Waals surface area contributed by atoms with Crippen LogP contribution in [0.1, 0.15) is 11.3 Å². The molecule has 0 radical (unpaired) electrons. The monoisotopic (exact) mass is 392 g/mol. The lowest BCUT2D eigenvalue weighted by Crippen LogP contribution is -2.25. The van der Waals surface area contributed by atoms with Gasteiger partial charge in [0.25, 0.3) is 0 Å². The summed E-state index contributed by atoms with van der Waals surface area (Å²) in [5.41, 5.74) is 1.58. The lowest BCUT2D eigenvalue weighted by atomic mass is 10.2. The first-order valence-electron chi connectivity index (χ1n) is 8.07. The van der Waals surface area contributed by atoms with Gasteiger partial charge in [-0.1, -0.05) is 17.3 Å². The maximum Gasteiger partial charge on any atom is 0.217 e. The largest absolute Gasteiger partial charge is 0.493 e. The highest BCUT2D eigenvalue weighted by molar-refractivity contribution is 7.88. The Kier molecular flexibility index (Phi) is 5.52. The molecule has 0 spiro atoms. The quantitative estimate of drug-likeness (QED) is 0.628. The molecule has 144 valence electrons. The van der Waals surface area contributed by atoms with Crippen LogP contribution in [0.15, 0.2) is 40.9 Å². The highest BCUT2D eigenvalue weighted by atomic mass is 32.2. The summed E-state index contributed by atoms with van der Waals surface area (Å²) in [4.78, 5) is 0. The maximum absolute atomic E-state index is 12.5. The van der Waals surface area contributed by atoms with E-state index >= 15 is 0 Å². The molecule has 3 rings (SSSR count). The molecular formula is C18H20N2O6S.